The van der Waals surface area contributed by atoms with Crippen LogP contribution in [0, 0.1) is 13.8 Å². The Labute approximate surface area is 197 Å². The highest BCUT2D eigenvalue weighted by molar-refractivity contribution is 6.07. The van der Waals surface area contributed by atoms with Gasteiger partial charge < -0.3 is 19.1 Å². The molecular weight excluding hydrogens is 436 g/mol. The molecule has 1 aromatic carbocycles. The Kier molecular flexibility index (Phi) is 5.42. The molecular formula is C25H28N4O5. The molecule has 0 spiro atoms. The fourth-order valence-corrected chi connectivity index (χ4v) is 5.26. The molecule has 3 aliphatic heterocycles. The first kappa shape index (κ1) is 22.2. The van der Waals surface area contributed by atoms with Gasteiger partial charge in [0.1, 0.15) is 12.6 Å². The minimum atomic E-state index is -0.838. The van der Waals surface area contributed by atoms with Gasteiger partial charge in [0.2, 0.25) is 5.91 Å². The second-order valence-corrected chi connectivity index (χ2v) is 9.38. The maximum absolute atomic E-state index is 13.4. The summed E-state index contributed by atoms with van der Waals surface area (Å²) in [7, 11) is 1.57. The van der Waals surface area contributed by atoms with Crippen molar-refractivity contribution in [1.82, 2.24) is 19.6 Å². The molecule has 3 saturated heterocycles. The van der Waals surface area contributed by atoms with E-state index in [2.05, 4.69) is 0 Å². The van der Waals surface area contributed by atoms with E-state index in [-0.39, 0.29) is 30.3 Å². The van der Waals surface area contributed by atoms with Crippen LogP contribution in [0.15, 0.2) is 41.0 Å². The highest BCUT2D eigenvalue weighted by Crippen LogP contribution is 2.43. The number of hydrogen-bond acceptors (Lipinski definition) is 5. The van der Waals surface area contributed by atoms with Crippen LogP contribution in [-0.4, -0.2) is 82.1 Å². The van der Waals surface area contributed by atoms with Gasteiger partial charge in [0.25, 0.3) is 11.8 Å². The van der Waals surface area contributed by atoms with E-state index in [0.29, 0.717) is 31.7 Å². The number of carbonyl (C=O) groups is 4. The summed E-state index contributed by atoms with van der Waals surface area (Å²) in [6.45, 7) is 5.02. The molecule has 9 heteroatoms. The first-order valence-corrected chi connectivity index (χ1v) is 11.6. The minimum absolute atomic E-state index is 0.0183. The van der Waals surface area contributed by atoms with Crippen molar-refractivity contribution in [2.45, 2.75) is 44.8 Å². The normalized spacial score (nSPS) is 23.7. The fourth-order valence-electron chi connectivity index (χ4n) is 5.26. The van der Waals surface area contributed by atoms with Crippen molar-refractivity contribution >= 4 is 23.8 Å². The van der Waals surface area contributed by atoms with Gasteiger partial charge in [-0.05, 0) is 55.5 Å². The number of carbonyl (C=O) groups excluding carboxylic acids is 4. The standard InChI is InChI=1S/C25H28N4O5/c1-15-6-7-17(13-16(15)2)21-22(29-20(30)14-26(3)25(29)33)24(32)28(21)18-8-10-27(11-9-18)23(31)19-5-4-12-34-19/h4-7,12-13,18,21-22H,8-11,14H2,1-3H3/t21-,22+/m1/s1. The first-order chi connectivity index (χ1) is 16.3. The van der Waals surface area contributed by atoms with E-state index in [4.69, 9.17) is 4.42 Å². The Balaban J connectivity index is 1.39. The van der Waals surface area contributed by atoms with E-state index in [0.717, 1.165) is 21.6 Å². The third-order valence-corrected chi connectivity index (χ3v) is 7.31. The molecule has 0 aliphatic carbocycles. The zero-order valence-corrected chi connectivity index (χ0v) is 19.6. The number of aryl methyl sites for hydroxylation is 2. The van der Waals surface area contributed by atoms with Gasteiger partial charge in [-0.3, -0.25) is 14.4 Å². The molecule has 2 atom stereocenters. The summed E-state index contributed by atoms with van der Waals surface area (Å²) in [6.07, 6.45) is 2.72. The first-order valence-electron chi connectivity index (χ1n) is 11.6. The third-order valence-electron chi connectivity index (χ3n) is 7.31. The van der Waals surface area contributed by atoms with Crippen molar-refractivity contribution < 1.29 is 23.6 Å². The van der Waals surface area contributed by atoms with E-state index in [9.17, 15) is 19.2 Å². The van der Waals surface area contributed by atoms with Gasteiger partial charge in [0, 0.05) is 26.2 Å². The van der Waals surface area contributed by atoms with Crippen molar-refractivity contribution in [3.8, 4) is 0 Å². The lowest BCUT2D eigenvalue weighted by Crippen LogP contribution is -2.70. The highest BCUT2D eigenvalue weighted by atomic mass is 16.3. The van der Waals surface area contributed by atoms with Crippen molar-refractivity contribution in [3.05, 3.63) is 59.0 Å². The Morgan fingerprint density at radius 1 is 1.00 bits per heavy atom. The number of amides is 5. The van der Waals surface area contributed by atoms with Gasteiger partial charge in [-0.2, -0.15) is 0 Å². The molecule has 0 saturated carbocycles. The molecule has 34 heavy (non-hydrogen) atoms. The molecule has 3 fully saturated rings. The Morgan fingerprint density at radius 3 is 2.32 bits per heavy atom. The summed E-state index contributed by atoms with van der Waals surface area (Å²) in [6, 6.07) is 7.60. The number of β-lactam (4-membered cyclic amide) rings is 1. The van der Waals surface area contributed by atoms with Gasteiger partial charge in [-0.15, -0.1) is 0 Å². The van der Waals surface area contributed by atoms with Crippen molar-refractivity contribution in [2.24, 2.45) is 0 Å². The molecule has 2 aromatic rings. The second kappa shape index (κ2) is 8.30. The van der Waals surface area contributed by atoms with Crippen molar-refractivity contribution in [3.63, 3.8) is 0 Å². The van der Waals surface area contributed by atoms with Gasteiger partial charge >= 0.3 is 6.03 Å². The predicted molar refractivity (Wildman–Crippen MR) is 122 cm³/mol. The fraction of sp³-hybridized carbons (Fsp3) is 0.440. The zero-order chi connectivity index (χ0) is 24.1. The molecule has 0 radical (unpaired) electrons. The summed E-state index contributed by atoms with van der Waals surface area (Å²) in [5.41, 5.74) is 3.14. The molecule has 4 heterocycles. The lowest BCUT2D eigenvalue weighted by molar-refractivity contribution is -0.167. The lowest BCUT2D eigenvalue weighted by Gasteiger charge is -2.54. The number of likely N-dealkylation sites (N-methyl/N-ethyl adjacent to an activating group) is 1. The van der Waals surface area contributed by atoms with E-state index >= 15 is 0 Å². The SMILES string of the molecule is Cc1ccc([C@@H]2[C@H](N3C(=O)CN(C)C3=O)C(=O)N2C2CCN(C(=O)c3ccco3)CC2)cc1C. The van der Waals surface area contributed by atoms with Gasteiger partial charge in [-0.25, -0.2) is 9.69 Å². The van der Waals surface area contributed by atoms with Crippen LogP contribution in [-0.2, 0) is 9.59 Å². The average Bonchev–Trinajstić information content (AvgIpc) is 3.44. The number of piperidine rings is 1. The van der Waals surface area contributed by atoms with Crippen LogP contribution < -0.4 is 0 Å². The second-order valence-electron chi connectivity index (χ2n) is 9.38. The van der Waals surface area contributed by atoms with E-state index in [1.165, 1.54) is 11.2 Å². The molecule has 5 rings (SSSR count). The number of hydrogen-bond donors (Lipinski definition) is 0. The highest BCUT2D eigenvalue weighted by Gasteiger charge is 2.58. The van der Waals surface area contributed by atoms with Crippen molar-refractivity contribution in [1.29, 1.82) is 0 Å². The zero-order valence-electron chi connectivity index (χ0n) is 19.6. The number of furan rings is 1. The Bertz CT molecular complexity index is 1150. The smallest absolute Gasteiger partial charge is 0.327 e. The summed E-state index contributed by atoms with van der Waals surface area (Å²) in [5, 5.41) is 0. The number of rotatable bonds is 4. The molecule has 5 amide bonds. The Morgan fingerprint density at radius 2 is 1.74 bits per heavy atom. The van der Waals surface area contributed by atoms with Gasteiger partial charge in [-0.1, -0.05) is 18.2 Å². The van der Waals surface area contributed by atoms with Gasteiger partial charge in [0.15, 0.2) is 5.76 Å². The van der Waals surface area contributed by atoms with Crippen LogP contribution in [0.1, 0.15) is 46.1 Å². The minimum Gasteiger partial charge on any atom is -0.459 e. The maximum Gasteiger partial charge on any atom is 0.327 e. The molecule has 0 unspecified atom stereocenters. The topological polar surface area (TPSA) is 94.4 Å². The molecule has 0 bridgehead atoms. The monoisotopic (exact) mass is 464 g/mol. The molecule has 3 aliphatic rings. The van der Waals surface area contributed by atoms with E-state index in [1.807, 2.05) is 36.9 Å². The number of imide groups is 1. The number of benzene rings is 1. The lowest BCUT2D eigenvalue weighted by atomic mass is 9.82. The molecule has 1 aromatic heterocycles. The average molecular weight is 465 g/mol. The summed E-state index contributed by atoms with van der Waals surface area (Å²) >= 11 is 0. The summed E-state index contributed by atoms with van der Waals surface area (Å²) in [4.78, 5) is 57.5. The van der Waals surface area contributed by atoms with Gasteiger partial charge in [0.05, 0.1) is 12.3 Å². The number of nitrogens with zero attached hydrogens (tertiary/aromatic N) is 4. The number of likely N-dealkylation sites (tertiary alicyclic amines) is 2. The summed E-state index contributed by atoms with van der Waals surface area (Å²) in [5.74, 6) is -0.408. The van der Waals surface area contributed by atoms with Crippen molar-refractivity contribution in [2.75, 3.05) is 26.7 Å². The predicted octanol–water partition coefficient (Wildman–Crippen LogP) is 2.35. The molecule has 0 N–H and O–H groups in total. The maximum atomic E-state index is 13.4. The number of urea groups is 1. The van der Waals surface area contributed by atoms with Crippen LogP contribution in [0.5, 0.6) is 0 Å². The van der Waals surface area contributed by atoms with Crippen LogP contribution in [0.25, 0.3) is 0 Å². The van der Waals surface area contributed by atoms with E-state index in [1.54, 1.807) is 24.1 Å². The third kappa shape index (κ3) is 3.46. The van der Waals surface area contributed by atoms with Crippen LogP contribution in [0.4, 0.5) is 4.79 Å². The van der Waals surface area contributed by atoms with Crippen LogP contribution in [0.2, 0.25) is 0 Å². The summed E-state index contributed by atoms with van der Waals surface area (Å²) < 4.78 is 5.24. The quantitative estimate of drug-likeness (QED) is 0.511. The molecule has 9 nitrogen and oxygen atoms in total. The Hall–Kier alpha value is -3.62. The molecule has 178 valence electrons. The van der Waals surface area contributed by atoms with Crippen LogP contribution in [0.3, 0.4) is 0 Å². The van der Waals surface area contributed by atoms with Crippen LogP contribution >= 0.6 is 0 Å². The van der Waals surface area contributed by atoms with E-state index < -0.39 is 18.1 Å². The largest absolute Gasteiger partial charge is 0.459 e.